The van der Waals surface area contributed by atoms with Crippen LogP contribution in [0.25, 0.3) is 0 Å². The van der Waals surface area contributed by atoms with Crippen molar-refractivity contribution in [2.75, 3.05) is 0 Å². The van der Waals surface area contributed by atoms with Gasteiger partial charge in [0.1, 0.15) is 0 Å². The summed E-state index contributed by atoms with van der Waals surface area (Å²) in [5, 5.41) is 0. The van der Waals surface area contributed by atoms with Gasteiger partial charge < -0.3 is 4.74 Å². The van der Waals surface area contributed by atoms with Gasteiger partial charge >= 0.3 is 3.98 Å². The zero-order valence-electron chi connectivity index (χ0n) is 6.03. The first-order valence-corrected chi connectivity index (χ1v) is 4.23. The summed E-state index contributed by atoms with van der Waals surface area (Å²) in [6.07, 6.45) is 0. The van der Waals surface area contributed by atoms with Crippen LogP contribution in [-0.2, 0) is 0 Å². The molecule has 0 saturated heterocycles. The molecule has 1 nitrogen and oxygen atoms in total. The third kappa shape index (κ3) is 3.18. The SMILES string of the molecule is Fc1cccc(F)c1OC(Cl)(Cl)Cl. The molecule has 0 aliphatic heterocycles. The number of halogens is 5. The Morgan fingerprint density at radius 3 is 1.92 bits per heavy atom. The van der Waals surface area contributed by atoms with E-state index in [1.165, 1.54) is 6.07 Å². The fraction of sp³-hybridized carbons (Fsp3) is 0.143. The second-order valence-electron chi connectivity index (χ2n) is 2.10. The van der Waals surface area contributed by atoms with Crippen LogP contribution in [-0.4, -0.2) is 3.98 Å². The Kier molecular flexibility index (Phi) is 3.22. The van der Waals surface area contributed by atoms with Crippen LogP contribution < -0.4 is 4.74 Å². The van der Waals surface area contributed by atoms with Crippen molar-refractivity contribution in [3.05, 3.63) is 29.8 Å². The highest BCUT2D eigenvalue weighted by molar-refractivity contribution is 6.66. The van der Waals surface area contributed by atoms with E-state index >= 15 is 0 Å². The number of para-hydroxylation sites is 1. The van der Waals surface area contributed by atoms with E-state index in [2.05, 4.69) is 4.74 Å². The molecule has 0 aliphatic rings. The first-order valence-electron chi connectivity index (χ1n) is 3.10. The summed E-state index contributed by atoms with van der Waals surface area (Å²) in [5.74, 6) is -2.56. The number of ether oxygens (including phenoxy) is 1. The first-order chi connectivity index (χ1) is 5.90. The van der Waals surface area contributed by atoms with Crippen LogP contribution in [0.15, 0.2) is 18.2 Å². The van der Waals surface area contributed by atoms with Crippen molar-refractivity contribution in [2.45, 2.75) is 3.98 Å². The van der Waals surface area contributed by atoms with Crippen molar-refractivity contribution in [2.24, 2.45) is 0 Å². The molecule has 0 aromatic heterocycles. The smallest absolute Gasteiger partial charge is 0.338 e. The standard InChI is InChI=1S/C7H3Cl3F2O/c8-7(9,10)13-6-4(11)2-1-3-5(6)12/h1-3H. The van der Waals surface area contributed by atoms with Gasteiger partial charge in [0, 0.05) is 0 Å². The molecule has 72 valence electrons. The molecule has 1 aromatic rings. The van der Waals surface area contributed by atoms with Crippen LogP contribution in [0.3, 0.4) is 0 Å². The second kappa shape index (κ2) is 3.86. The molecule has 0 unspecified atom stereocenters. The highest BCUT2D eigenvalue weighted by atomic mass is 35.6. The minimum Gasteiger partial charge on any atom is -0.439 e. The number of hydrogen-bond acceptors (Lipinski definition) is 1. The molecule has 0 heterocycles. The zero-order chi connectivity index (χ0) is 10.1. The predicted octanol–water partition coefficient (Wildman–Crippen LogP) is 3.67. The van der Waals surface area contributed by atoms with E-state index < -0.39 is 21.4 Å². The quantitative estimate of drug-likeness (QED) is 0.688. The number of hydrogen-bond donors (Lipinski definition) is 0. The number of alkyl halides is 3. The largest absolute Gasteiger partial charge is 0.439 e. The lowest BCUT2D eigenvalue weighted by Gasteiger charge is -2.14. The Labute approximate surface area is 88.2 Å². The van der Waals surface area contributed by atoms with Gasteiger partial charge in [0.15, 0.2) is 17.4 Å². The topological polar surface area (TPSA) is 9.23 Å². The molecule has 0 amide bonds. The van der Waals surface area contributed by atoms with Crippen molar-refractivity contribution >= 4 is 34.8 Å². The first kappa shape index (κ1) is 10.8. The molecule has 0 atom stereocenters. The number of rotatable bonds is 1. The monoisotopic (exact) mass is 246 g/mol. The molecule has 0 bridgehead atoms. The van der Waals surface area contributed by atoms with Crippen LogP contribution in [0.5, 0.6) is 5.75 Å². The van der Waals surface area contributed by atoms with Crippen molar-refractivity contribution < 1.29 is 13.5 Å². The summed E-state index contributed by atoms with van der Waals surface area (Å²) < 4.78 is 27.9. The maximum Gasteiger partial charge on any atom is 0.338 e. The van der Waals surface area contributed by atoms with Crippen molar-refractivity contribution in [1.82, 2.24) is 0 Å². The van der Waals surface area contributed by atoms with E-state index in [4.69, 9.17) is 34.8 Å². The van der Waals surface area contributed by atoms with Crippen LogP contribution >= 0.6 is 34.8 Å². The Hall–Kier alpha value is -0.250. The highest BCUT2D eigenvalue weighted by Crippen LogP contribution is 2.32. The van der Waals surface area contributed by atoms with Crippen molar-refractivity contribution in [3.63, 3.8) is 0 Å². The molecule has 0 N–H and O–H groups in total. The Morgan fingerprint density at radius 1 is 1.08 bits per heavy atom. The van der Waals surface area contributed by atoms with Crippen LogP contribution in [0.1, 0.15) is 0 Å². The average Bonchev–Trinajstić information content (AvgIpc) is 1.95. The average molecular weight is 247 g/mol. The maximum atomic E-state index is 12.8. The predicted molar refractivity (Wildman–Crippen MR) is 47.3 cm³/mol. The molecular formula is C7H3Cl3F2O. The Bertz CT molecular complexity index is 291. The summed E-state index contributed by atoms with van der Waals surface area (Å²) in [6, 6.07) is 3.17. The molecule has 13 heavy (non-hydrogen) atoms. The fourth-order valence-electron chi connectivity index (χ4n) is 0.696. The summed E-state index contributed by atoms with van der Waals surface area (Å²) in [5.41, 5.74) is 0. The third-order valence-corrected chi connectivity index (χ3v) is 1.37. The zero-order valence-corrected chi connectivity index (χ0v) is 8.30. The molecule has 1 rings (SSSR count). The summed E-state index contributed by atoms with van der Waals surface area (Å²) in [4.78, 5) is 0. The second-order valence-corrected chi connectivity index (χ2v) is 4.28. The molecule has 0 aliphatic carbocycles. The van der Waals surface area contributed by atoms with Crippen molar-refractivity contribution in [3.8, 4) is 5.75 Å². The van der Waals surface area contributed by atoms with Crippen LogP contribution in [0.2, 0.25) is 0 Å². The maximum absolute atomic E-state index is 12.8. The normalized spacial score (nSPS) is 11.5. The third-order valence-electron chi connectivity index (χ3n) is 1.14. The van der Waals surface area contributed by atoms with Crippen LogP contribution in [0, 0.1) is 11.6 Å². The lowest BCUT2D eigenvalue weighted by molar-refractivity contribution is 0.285. The molecule has 0 saturated carbocycles. The van der Waals surface area contributed by atoms with Gasteiger partial charge in [0.2, 0.25) is 0 Å². The molecule has 0 fully saturated rings. The van der Waals surface area contributed by atoms with E-state index in [9.17, 15) is 8.78 Å². The summed E-state index contributed by atoms with van der Waals surface area (Å²) >= 11 is 15.6. The highest BCUT2D eigenvalue weighted by Gasteiger charge is 2.25. The van der Waals surface area contributed by atoms with Gasteiger partial charge in [-0.3, -0.25) is 0 Å². The van der Waals surface area contributed by atoms with E-state index in [-0.39, 0.29) is 0 Å². The van der Waals surface area contributed by atoms with Gasteiger partial charge in [-0.15, -0.1) is 0 Å². The van der Waals surface area contributed by atoms with Crippen molar-refractivity contribution in [1.29, 1.82) is 0 Å². The summed E-state index contributed by atoms with van der Waals surface area (Å²) in [6.45, 7) is 0. The van der Waals surface area contributed by atoms with Gasteiger partial charge in [0.05, 0.1) is 0 Å². The van der Waals surface area contributed by atoms with Crippen LogP contribution in [0.4, 0.5) is 8.78 Å². The number of benzene rings is 1. The lowest BCUT2D eigenvalue weighted by atomic mass is 10.3. The van der Waals surface area contributed by atoms with Gasteiger partial charge in [-0.05, 0) is 46.9 Å². The fourth-order valence-corrected chi connectivity index (χ4v) is 0.927. The molecule has 6 heteroatoms. The van der Waals surface area contributed by atoms with Gasteiger partial charge in [-0.1, -0.05) is 6.07 Å². The summed E-state index contributed by atoms with van der Waals surface area (Å²) in [7, 11) is 0. The van der Waals surface area contributed by atoms with Gasteiger partial charge in [-0.2, -0.15) is 0 Å². The molecule has 0 radical (unpaired) electrons. The van der Waals surface area contributed by atoms with Gasteiger partial charge in [-0.25, -0.2) is 8.78 Å². The Balaban J connectivity index is 3.00. The lowest BCUT2D eigenvalue weighted by Crippen LogP contribution is -2.14. The molecular weight excluding hydrogens is 244 g/mol. The van der Waals surface area contributed by atoms with E-state index in [0.29, 0.717) is 0 Å². The van der Waals surface area contributed by atoms with E-state index in [1.54, 1.807) is 0 Å². The minimum absolute atomic E-state index is 0.706. The molecule has 0 spiro atoms. The molecule has 1 aromatic carbocycles. The minimum atomic E-state index is -2.18. The van der Waals surface area contributed by atoms with E-state index in [1.807, 2.05) is 0 Å². The van der Waals surface area contributed by atoms with Gasteiger partial charge in [0.25, 0.3) is 0 Å². The Morgan fingerprint density at radius 2 is 1.54 bits per heavy atom. The van der Waals surface area contributed by atoms with E-state index in [0.717, 1.165) is 12.1 Å².